The molecule has 1 N–H and O–H groups in total. The molecule has 0 amide bonds. The summed E-state index contributed by atoms with van der Waals surface area (Å²) >= 11 is 6.06. The molecule has 0 saturated carbocycles. The largest absolute Gasteiger partial charge is 0.314 e. The number of piperazine rings is 1. The van der Waals surface area contributed by atoms with Crippen LogP contribution in [0, 0.1) is 5.82 Å². The summed E-state index contributed by atoms with van der Waals surface area (Å²) in [6.45, 7) is 6.10. The number of rotatable bonds is 6. The molecule has 0 unspecified atom stereocenters. The highest BCUT2D eigenvalue weighted by molar-refractivity contribution is 6.30. The van der Waals surface area contributed by atoms with Gasteiger partial charge in [0.25, 0.3) is 0 Å². The van der Waals surface area contributed by atoms with E-state index in [1.165, 1.54) is 18.9 Å². The molecule has 1 aromatic rings. The first-order chi connectivity index (χ1) is 9.72. The molecule has 2 rings (SSSR count). The van der Waals surface area contributed by atoms with Crippen molar-refractivity contribution in [1.82, 2.24) is 10.2 Å². The monoisotopic (exact) mass is 370 g/mol. The summed E-state index contributed by atoms with van der Waals surface area (Å²) in [7, 11) is 0. The molecule has 1 heterocycles. The number of nitrogens with zero attached hydrogens (tertiary/aromatic N) is 1. The van der Waals surface area contributed by atoms with Gasteiger partial charge in [-0.2, -0.15) is 0 Å². The fourth-order valence-corrected chi connectivity index (χ4v) is 3.07. The average molecular weight is 372 g/mol. The number of halogens is 4. The summed E-state index contributed by atoms with van der Waals surface area (Å²) < 4.78 is 14.2. The van der Waals surface area contributed by atoms with Crippen LogP contribution >= 0.6 is 36.4 Å². The van der Waals surface area contributed by atoms with Crippen LogP contribution in [0.3, 0.4) is 0 Å². The Bertz CT molecular complexity index is 426. The van der Waals surface area contributed by atoms with Gasteiger partial charge < -0.3 is 5.32 Å². The van der Waals surface area contributed by atoms with E-state index in [9.17, 15) is 4.39 Å². The molecule has 1 atom stereocenters. The van der Waals surface area contributed by atoms with Crippen LogP contribution < -0.4 is 5.32 Å². The van der Waals surface area contributed by atoms with Gasteiger partial charge in [-0.3, -0.25) is 4.90 Å². The Morgan fingerprint density at radius 1 is 1.23 bits per heavy atom. The molecule has 0 aliphatic carbocycles. The molecule has 1 aliphatic heterocycles. The summed E-state index contributed by atoms with van der Waals surface area (Å²) in [5.41, 5.74) is 0.760. The molecule has 0 aromatic heterocycles. The van der Waals surface area contributed by atoms with Gasteiger partial charge in [-0.1, -0.05) is 37.8 Å². The molecule has 6 heteroatoms. The van der Waals surface area contributed by atoms with Gasteiger partial charge >= 0.3 is 0 Å². The average Bonchev–Trinajstić information content (AvgIpc) is 2.48. The van der Waals surface area contributed by atoms with Crippen molar-refractivity contribution in [3.8, 4) is 0 Å². The highest BCUT2D eigenvalue weighted by atomic mass is 35.5. The Kier molecular flexibility index (Phi) is 11.4. The standard InChI is InChI=1S/C16H24ClFN2.2ClH/c1-2-3-4-5-16(20-10-8-19-9-11-20)14-12-13(17)6-7-15(14)18;;/h6-7,12,16,19H,2-5,8-11H2,1H3;2*1H/t16-;;/m0../s1. The van der Waals surface area contributed by atoms with Crippen molar-refractivity contribution < 1.29 is 4.39 Å². The van der Waals surface area contributed by atoms with Crippen LogP contribution in [0.2, 0.25) is 5.02 Å². The second kappa shape index (κ2) is 11.5. The van der Waals surface area contributed by atoms with E-state index in [1.807, 2.05) is 0 Å². The maximum Gasteiger partial charge on any atom is 0.128 e. The van der Waals surface area contributed by atoms with E-state index in [1.54, 1.807) is 12.1 Å². The highest BCUT2D eigenvalue weighted by Gasteiger charge is 2.24. The smallest absolute Gasteiger partial charge is 0.128 e. The lowest BCUT2D eigenvalue weighted by molar-refractivity contribution is 0.159. The van der Waals surface area contributed by atoms with Crippen LogP contribution in [-0.2, 0) is 0 Å². The summed E-state index contributed by atoms with van der Waals surface area (Å²) in [6, 6.07) is 5.08. The Morgan fingerprint density at radius 2 is 1.91 bits per heavy atom. The van der Waals surface area contributed by atoms with Gasteiger partial charge in [0.15, 0.2) is 0 Å². The molecule has 0 spiro atoms. The van der Waals surface area contributed by atoms with Crippen LogP contribution in [0.1, 0.15) is 44.2 Å². The zero-order valence-electron chi connectivity index (χ0n) is 13.0. The maximum atomic E-state index is 14.2. The Morgan fingerprint density at radius 3 is 2.55 bits per heavy atom. The van der Waals surface area contributed by atoms with Crippen LogP contribution in [-0.4, -0.2) is 31.1 Å². The van der Waals surface area contributed by atoms with Gasteiger partial charge in [-0.05, 0) is 24.6 Å². The van der Waals surface area contributed by atoms with Gasteiger partial charge in [0, 0.05) is 42.8 Å². The summed E-state index contributed by atoms with van der Waals surface area (Å²) in [4.78, 5) is 2.39. The fourth-order valence-electron chi connectivity index (χ4n) is 2.89. The van der Waals surface area contributed by atoms with Crippen molar-refractivity contribution in [1.29, 1.82) is 0 Å². The molecule has 2 nitrogen and oxygen atoms in total. The van der Waals surface area contributed by atoms with Crippen molar-refractivity contribution >= 4 is 36.4 Å². The number of unbranched alkanes of at least 4 members (excludes halogenated alkanes) is 2. The van der Waals surface area contributed by atoms with Crippen molar-refractivity contribution in [2.45, 2.75) is 38.6 Å². The van der Waals surface area contributed by atoms with Crippen LogP contribution in [0.25, 0.3) is 0 Å². The predicted molar refractivity (Wildman–Crippen MR) is 97.2 cm³/mol. The predicted octanol–water partition coefficient (Wildman–Crippen LogP) is 4.85. The Labute approximate surface area is 150 Å². The minimum Gasteiger partial charge on any atom is -0.314 e. The van der Waals surface area contributed by atoms with E-state index in [0.29, 0.717) is 5.02 Å². The van der Waals surface area contributed by atoms with Crippen molar-refractivity contribution in [2.75, 3.05) is 26.2 Å². The molecule has 1 saturated heterocycles. The fraction of sp³-hybridized carbons (Fsp3) is 0.625. The molecule has 0 bridgehead atoms. The Balaban J connectivity index is 0.00000220. The molecule has 0 radical (unpaired) electrons. The van der Waals surface area contributed by atoms with Crippen molar-refractivity contribution in [3.63, 3.8) is 0 Å². The zero-order chi connectivity index (χ0) is 14.4. The molecular weight excluding hydrogens is 346 g/mol. The maximum absolute atomic E-state index is 14.2. The van der Waals surface area contributed by atoms with Crippen molar-refractivity contribution in [3.05, 3.63) is 34.6 Å². The molecular formula is C16H26Cl3FN2. The summed E-state index contributed by atoms with van der Waals surface area (Å²) in [6.07, 6.45) is 4.53. The van der Waals surface area contributed by atoms with E-state index >= 15 is 0 Å². The van der Waals surface area contributed by atoms with Gasteiger partial charge in [0.2, 0.25) is 0 Å². The normalized spacial score (nSPS) is 16.5. The summed E-state index contributed by atoms with van der Waals surface area (Å²) in [5.74, 6) is -0.130. The first kappa shape index (κ1) is 21.9. The van der Waals surface area contributed by atoms with Gasteiger partial charge in [0.05, 0.1) is 0 Å². The van der Waals surface area contributed by atoms with E-state index in [-0.39, 0.29) is 36.7 Å². The number of benzene rings is 1. The molecule has 1 fully saturated rings. The zero-order valence-corrected chi connectivity index (χ0v) is 15.4. The highest BCUT2D eigenvalue weighted by Crippen LogP contribution is 2.30. The molecule has 22 heavy (non-hydrogen) atoms. The van der Waals surface area contributed by atoms with Crippen LogP contribution in [0.15, 0.2) is 18.2 Å². The van der Waals surface area contributed by atoms with Gasteiger partial charge in [-0.15, -0.1) is 24.8 Å². The second-order valence-corrected chi connectivity index (χ2v) is 5.90. The third kappa shape index (κ3) is 6.21. The third-order valence-corrected chi connectivity index (χ3v) is 4.23. The number of hydrogen-bond acceptors (Lipinski definition) is 2. The van der Waals surface area contributed by atoms with Crippen LogP contribution in [0.4, 0.5) is 4.39 Å². The quantitative estimate of drug-likeness (QED) is 0.719. The first-order valence-corrected chi connectivity index (χ1v) is 8.00. The summed E-state index contributed by atoms with van der Waals surface area (Å²) in [5, 5.41) is 3.98. The minimum absolute atomic E-state index is 0. The van der Waals surface area contributed by atoms with Crippen molar-refractivity contribution in [2.24, 2.45) is 0 Å². The molecule has 128 valence electrons. The SMILES string of the molecule is CCCCC[C@@H](c1cc(Cl)ccc1F)N1CCNCC1.Cl.Cl. The topological polar surface area (TPSA) is 15.3 Å². The first-order valence-electron chi connectivity index (χ1n) is 7.62. The van der Waals surface area contributed by atoms with E-state index in [4.69, 9.17) is 11.6 Å². The molecule has 1 aliphatic rings. The lowest BCUT2D eigenvalue weighted by Crippen LogP contribution is -2.45. The van der Waals surface area contributed by atoms with Gasteiger partial charge in [0.1, 0.15) is 5.82 Å². The van der Waals surface area contributed by atoms with Crippen LogP contribution in [0.5, 0.6) is 0 Å². The molecule has 1 aromatic carbocycles. The lowest BCUT2D eigenvalue weighted by atomic mass is 9.97. The van der Waals surface area contributed by atoms with Gasteiger partial charge in [-0.25, -0.2) is 4.39 Å². The number of nitrogens with one attached hydrogen (secondary N) is 1. The number of hydrogen-bond donors (Lipinski definition) is 1. The van der Waals surface area contributed by atoms with E-state index in [2.05, 4.69) is 17.1 Å². The Hall–Kier alpha value is -0.0600. The second-order valence-electron chi connectivity index (χ2n) is 5.46. The lowest BCUT2D eigenvalue weighted by Gasteiger charge is -2.35. The minimum atomic E-state index is -0.130. The van der Waals surface area contributed by atoms with E-state index in [0.717, 1.165) is 44.6 Å². The van der Waals surface area contributed by atoms with E-state index < -0.39 is 0 Å². The third-order valence-electron chi connectivity index (χ3n) is 3.99.